The van der Waals surface area contributed by atoms with E-state index in [0.29, 0.717) is 12.6 Å². The molecule has 2 aliphatic rings. The Labute approximate surface area is 132 Å². The summed E-state index contributed by atoms with van der Waals surface area (Å²) in [5, 5.41) is 3.41. The number of piperidine rings is 2. The molecule has 22 heavy (non-hydrogen) atoms. The number of likely N-dealkylation sites (tertiary alicyclic amines) is 1. The van der Waals surface area contributed by atoms with Gasteiger partial charge < -0.3 is 10.1 Å². The zero-order valence-corrected chi connectivity index (χ0v) is 13.2. The molecule has 0 amide bonds. The van der Waals surface area contributed by atoms with Crippen molar-refractivity contribution in [1.29, 1.82) is 0 Å². The topological polar surface area (TPSA) is 41.6 Å². The van der Waals surface area contributed by atoms with Gasteiger partial charge in [-0.3, -0.25) is 9.69 Å². The van der Waals surface area contributed by atoms with Crippen molar-refractivity contribution in [3.63, 3.8) is 0 Å². The molecule has 0 spiro atoms. The van der Waals surface area contributed by atoms with E-state index >= 15 is 0 Å². The van der Waals surface area contributed by atoms with Gasteiger partial charge in [-0.25, -0.2) is 0 Å². The number of carbonyl (C=O) groups is 1. The van der Waals surface area contributed by atoms with Gasteiger partial charge in [0.05, 0.1) is 5.92 Å². The second-order valence-electron chi connectivity index (χ2n) is 6.41. The normalized spacial score (nSPS) is 24.1. The van der Waals surface area contributed by atoms with Crippen molar-refractivity contribution in [2.75, 3.05) is 26.2 Å². The molecule has 4 heteroatoms. The summed E-state index contributed by atoms with van der Waals surface area (Å²) in [6.45, 7) is 4.60. The van der Waals surface area contributed by atoms with Crippen LogP contribution >= 0.6 is 0 Å². The highest BCUT2D eigenvalue weighted by Crippen LogP contribution is 2.23. The van der Waals surface area contributed by atoms with Crippen LogP contribution in [0.1, 0.15) is 31.2 Å². The van der Waals surface area contributed by atoms with Crippen LogP contribution < -0.4 is 5.32 Å². The second-order valence-corrected chi connectivity index (χ2v) is 6.41. The van der Waals surface area contributed by atoms with Crippen molar-refractivity contribution in [2.45, 2.75) is 38.3 Å². The van der Waals surface area contributed by atoms with Gasteiger partial charge >= 0.3 is 5.97 Å². The van der Waals surface area contributed by atoms with Crippen molar-refractivity contribution in [1.82, 2.24) is 10.2 Å². The van der Waals surface area contributed by atoms with E-state index in [-0.39, 0.29) is 11.9 Å². The molecular weight excluding hydrogens is 276 g/mol. The van der Waals surface area contributed by atoms with E-state index in [1.165, 1.54) is 12.8 Å². The summed E-state index contributed by atoms with van der Waals surface area (Å²) < 4.78 is 5.53. The Bertz CT molecular complexity index is 471. The minimum absolute atomic E-state index is 0.0255. The average molecular weight is 302 g/mol. The molecule has 1 N–H and O–H groups in total. The number of esters is 1. The van der Waals surface area contributed by atoms with E-state index in [9.17, 15) is 4.79 Å². The van der Waals surface area contributed by atoms with Gasteiger partial charge in [0.15, 0.2) is 0 Å². The van der Waals surface area contributed by atoms with Crippen LogP contribution in [0.4, 0.5) is 0 Å². The molecule has 4 nitrogen and oxygen atoms in total. The van der Waals surface area contributed by atoms with Gasteiger partial charge in [0.2, 0.25) is 0 Å². The Balaban J connectivity index is 1.49. The van der Waals surface area contributed by atoms with E-state index in [4.69, 9.17) is 4.74 Å². The van der Waals surface area contributed by atoms with Crippen molar-refractivity contribution < 1.29 is 9.53 Å². The molecule has 1 aromatic rings. The Morgan fingerprint density at radius 1 is 1.18 bits per heavy atom. The van der Waals surface area contributed by atoms with Crippen LogP contribution in [0.5, 0.6) is 0 Å². The highest BCUT2D eigenvalue weighted by molar-refractivity contribution is 5.72. The van der Waals surface area contributed by atoms with Crippen molar-refractivity contribution >= 4 is 5.97 Å². The monoisotopic (exact) mass is 302 g/mol. The maximum atomic E-state index is 12.3. The van der Waals surface area contributed by atoms with Gasteiger partial charge in [0, 0.05) is 12.6 Å². The Kier molecular flexibility index (Phi) is 5.46. The zero-order chi connectivity index (χ0) is 15.2. The fourth-order valence-electron chi connectivity index (χ4n) is 3.55. The molecule has 2 aliphatic heterocycles. The molecule has 2 heterocycles. The Morgan fingerprint density at radius 3 is 2.73 bits per heavy atom. The molecule has 2 saturated heterocycles. The van der Waals surface area contributed by atoms with Gasteiger partial charge in [0.1, 0.15) is 6.61 Å². The summed E-state index contributed by atoms with van der Waals surface area (Å²) in [6, 6.07) is 10.6. The molecule has 0 aromatic heterocycles. The Morgan fingerprint density at radius 2 is 1.95 bits per heavy atom. The van der Waals surface area contributed by atoms with Crippen LogP contribution in [0.2, 0.25) is 0 Å². The average Bonchev–Trinajstić information content (AvgIpc) is 2.61. The zero-order valence-electron chi connectivity index (χ0n) is 13.2. The third-order valence-electron chi connectivity index (χ3n) is 4.84. The number of nitrogens with zero attached hydrogens (tertiary/aromatic N) is 1. The lowest BCUT2D eigenvalue weighted by Gasteiger charge is -2.39. The van der Waals surface area contributed by atoms with Crippen LogP contribution in [0.25, 0.3) is 0 Å². The number of hydrogen-bond acceptors (Lipinski definition) is 4. The first-order valence-corrected chi connectivity index (χ1v) is 8.48. The van der Waals surface area contributed by atoms with Crippen molar-refractivity contribution in [3.05, 3.63) is 35.9 Å². The fourth-order valence-corrected chi connectivity index (χ4v) is 3.55. The van der Waals surface area contributed by atoms with Crippen LogP contribution in [0.15, 0.2) is 30.3 Å². The number of benzene rings is 1. The number of ether oxygens (including phenoxy) is 1. The van der Waals surface area contributed by atoms with Crippen LogP contribution in [0, 0.1) is 5.92 Å². The molecule has 1 unspecified atom stereocenters. The van der Waals surface area contributed by atoms with Crippen LogP contribution in [0.3, 0.4) is 0 Å². The summed E-state index contributed by atoms with van der Waals surface area (Å²) in [5.74, 6) is 0.0230. The highest BCUT2D eigenvalue weighted by atomic mass is 16.5. The van der Waals surface area contributed by atoms with Crippen LogP contribution in [-0.2, 0) is 16.1 Å². The molecule has 1 aromatic carbocycles. The smallest absolute Gasteiger partial charge is 0.310 e. The molecule has 0 bridgehead atoms. The van der Waals surface area contributed by atoms with E-state index in [0.717, 1.165) is 44.6 Å². The SMILES string of the molecule is O=C(OCc1ccccc1)C1CCCN(C2CCNCC2)C1. The van der Waals surface area contributed by atoms with E-state index in [2.05, 4.69) is 10.2 Å². The maximum Gasteiger partial charge on any atom is 0.310 e. The third-order valence-corrected chi connectivity index (χ3v) is 4.84. The van der Waals surface area contributed by atoms with Gasteiger partial charge in [-0.05, 0) is 50.9 Å². The molecule has 0 saturated carbocycles. The summed E-state index contributed by atoms with van der Waals surface area (Å²) in [6.07, 6.45) is 4.47. The number of hydrogen-bond donors (Lipinski definition) is 1. The maximum absolute atomic E-state index is 12.3. The molecule has 0 radical (unpaired) electrons. The predicted molar refractivity (Wildman–Crippen MR) is 86.4 cm³/mol. The first-order valence-electron chi connectivity index (χ1n) is 8.48. The van der Waals surface area contributed by atoms with E-state index < -0.39 is 0 Å². The Hall–Kier alpha value is -1.39. The van der Waals surface area contributed by atoms with Crippen molar-refractivity contribution in [3.8, 4) is 0 Å². The second kappa shape index (κ2) is 7.75. The minimum Gasteiger partial charge on any atom is -0.461 e. The molecule has 120 valence electrons. The molecule has 2 fully saturated rings. The lowest BCUT2D eigenvalue weighted by molar-refractivity contribution is -0.152. The third kappa shape index (κ3) is 4.08. The van der Waals surface area contributed by atoms with Crippen molar-refractivity contribution in [2.24, 2.45) is 5.92 Å². The number of nitrogens with one attached hydrogen (secondary N) is 1. The van der Waals surface area contributed by atoms with Gasteiger partial charge in [0.25, 0.3) is 0 Å². The van der Waals surface area contributed by atoms with Gasteiger partial charge in [-0.1, -0.05) is 30.3 Å². The number of rotatable bonds is 4. The molecular formula is C18H26N2O2. The van der Waals surface area contributed by atoms with Crippen LogP contribution in [-0.4, -0.2) is 43.1 Å². The molecule has 3 rings (SSSR count). The van der Waals surface area contributed by atoms with Gasteiger partial charge in [-0.2, -0.15) is 0 Å². The molecule has 0 aliphatic carbocycles. The first-order chi connectivity index (χ1) is 10.8. The minimum atomic E-state index is -0.0255. The summed E-state index contributed by atoms with van der Waals surface area (Å²) in [7, 11) is 0. The van der Waals surface area contributed by atoms with E-state index in [1.54, 1.807) is 0 Å². The summed E-state index contributed by atoms with van der Waals surface area (Å²) in [4.78, 5) is 14.9. The largest absolute Gasteiger partial charge is 0.461 e. The summed E-state index contributed by atoms with van der Waals surface area (Å²) in [5.41, 5.74) is 1.06. The number of carbonyl (C=O) groups excluding carboxylic acids is 1. The fraction of sp³-hybridized carbons (Fsp3) is 0.611. The lowest BCUT2D eigenvalue weighted by Crippen LogP contribution is -2.48. The molecule has 1 atom stereocenters. The standard InChI is InChI=1S/C18H26N2O2/c21-18(22-14-15-5-2-1-3-6-15)16-7-4-12-20(13-16)17-8-10-19-11-9-17/h1-3,5-6,16-17,19H,4,7-14H2. The van der Waals surface area contributed by atoms with Gasteiger partial charge in [-0.15, -0.1) is 0 Å². The predicted octanol–water partition coefficient (Wildman–Crippen LogP) is 2.19. The quantitative estimate of drug-likeness (QED) is 0.866. The van der Waals surface area contributed by atoms with E-state index in [1.807, 2.05) is 30.3 Å². The first kappa shape index (κ1) is 15.5. The summed E-state index contributed by atoms with van der Waals surface area (Å²) >= 11 is 0. The highest BCUT2D eigenvalue weighted by Gasteiger charge is 2.31. The lowest BCUT2D eigenvalue weighted by atomic mass is 9.94.